The summed E-state index contributed by atoms with van der Waals surface area (Å²) >= 11 is 0. The normalized spacial score (nSPS) is 12.2. The Labute approximate surface area is 151 Å². The van der Waals surface area contributed by atoms with Crippen molar-refractivity contribution in [2.24, 2.45) is 5.73 Å². The van der Waals surface area contributed by atoms with Gasteiger partial charge in [0.25, 0.3) is 0 Å². The molecule has 0 spiro atoms. The maximum Gasteiger partial charge on any atom is 0.161 e. The van der Waals surface area contributed by atoms with Crippen molar-refractivity contribution in [2.45, 2.75) is 32.9 Å². The van der Waals surface area contributed by atoms with Crippen molar-refractivity contribution in [3.8, 4) is 11.5 Å². The number of rotatable bonds is 10. The Kier molecular flexibility index (Phi) is 7.76. The van der Waals surface area contributed by atoms with Gasteiger partial charge in [0, 0.05) is 6.04 Å². The predicted molar refractivity (Wildman–Crippen MR) is 103 cm³/mol. The van der Waals surface area contributed by atoms with Crippen molar-refractivity contribution >= 4 is 0 Å². The van der Waals surface area contributed by atoms with Crippen LogP contribution in [0.4, 0.5) is 0 Å². The Balaban J connectivity index is 2.00. The summed E-state index contributed by atoms with van der Waals surface area (Å²) in [6.45, 7) is 7.98. The highest BCUT2D eigenvalue weighted by atomic mass is 16.5. The van der Waals surface area contributed by atoms with Crippen LogP contribution in [0.25, 0.3) is 0 Å². The lowest BCUT2D eigenvalue weighted by Crippen LogP contribution is -2.27. The Bertz CT molecular complexity index is 627. The van der Waals surface area contributed by atoms with Gasteiger partial charge in [0.05, 0.1) is 7.11 Å². The zero-order valence-corrected chi connectivity index (χ0v) is 15.6. The van der Waals surface area contributed by atoms with E-state index in [1.807, 2.05) is 48.5 Å². The maximum absolute atomic E-state index is 6.37. The van der Waals surface area contributed by atoms with Crippen molar-refractivity contribution in [1.82, 2.24) is 4.90 Å². The van der Waals surface area contributed by atoms with Gasteiger partial charge >= 0.3 is 0 Å². The molecule has 0 heterocycles. The number of ether oxygens (including phenoxy) is 2. The van der Waals surface area contributed by atoms with Crippen LogP contribution in [0.5, 0.6) is 11.5 Å². The molecule has 2 N–H and O–H groups in total. The van der Waals surface area contributed by atoms with Crippen LogP contribution in [-0.4, -0.2) is 31.6 Å². The smallest absolute Gasteiger partial charge is 0.161 e. The van der Waals surface area contributed by atoms with Gasteiger partial charge in [0.15, 0.2) is 11.5 Å². The third kappa shape index (κ3) is 5.76. The molecule has 0 saturated carbocycles. The number of methoxy groups -OCH3 is 1. The van der Waals surface area contributed by atoms with Crippen molar-refractivity contribution in [3.05, 3.63) is 59.7 Å². The van der Waals surface area contributed by atoms with E-state index in [-0.39, 0.29) is 6.04 Å². The second kappa shape index (κ2) is 10.1. The molecule has 2 aromatic rings. The molecule has 2 rings (SSSR count). The number of hydrogen-bond donors (Lipinski definition) is 1. The lowest BCUT2D eigenvalue weighted by molar-refractivity contribution is 0.283. The lowest BCUT2D eigenvalue weighted by atomic mass is 10.0. The average Bonchev–Trinajstić information content (AvgIpc) is 2.67. The highest BCUT2D eigenvalue weighted by molar-refractivity contribution is 5.44. The number of nitrogens with two attached hydrogens (primary N) is 1. The summed E-state index contributed by atoms with van der Waals surface area (Å²) in [5.41, 5.74) is 8.58. The third-order valence-electron chi connectivity index (χ3n) is 4.50. The molecular formula is C21H30N2O2. The fourth-order valence-electron chi connectivity index (χ4n) is 2.80. The quantitative estimate of drug-likeness (QED) is 0.709. The van der Waals surface area contributed by atoms with Gasteiger partial charge in [-0.3, -0.25) is 0 Å². The van der Waals surface area contributed by atoms with Crippen LogP contribution in [-0.2, 0) is 6.61 Å². The van der Waals surface area contributed by atoms with Crippen LogP contribution in [0.15, 0.2) is 48.5 Å². The Morgan fingerprint density at radius 2 is 1.72 bits per heavy atom. The molecule has 0 radical (unpaired) electrons. The minimum Gasteiger partial charge on any atom is -0.493 e. The summed E-state index contributed by atoms with van der Waals surface area (Å²) in [7, 11) is 1.66. The van der Waals surface area contributed by atoms with Gasteiger partial charge in [-0.15, -0.1) is 0 Å². The SMILES string of the molecule is CCN(CC)CCC(N)c1ccc(OCc2ccccc2)c(OC)c1. The molecule has 2 aromatic carbocycles. The van der Waals surface area contributed by atoms with E-state index < -0.39 is 0 Å². The van der Waals surface area contributed by atoms with E-state index in [1.54, 1.807) is 7.11 Å². The standard InChI is InChI=1S/C21H30N2O2/c1-4-23(5-2)14-13-19(22)18-11-12-20(21(15-18)24-3)25-16-17-9-7-6-8-10-17/h6-12,15,19H,4-5,13-14,16,22H2,1-3H3. The minimum atomic E-state index is -0.00215. The first-order valence-electron chi connectivity index (χ1n) is 9.00. The van der Waals surface area contributed by atoms with Gasteiger partial charge in [0.1, 0.15) is 6.61 Å². The number of benzene rings is 2. The van der Waals surface area contributed by atoms with Crippen LogP contribution >= 0.6 is 0 Å². The van der Waals surface area contributed by atoms with Crippen LogP contribution in [0.1, 0.15) is 37.4 Å². The third-order valence-corrected chi connectivity index (χ3v) is 4.50. The molecule has 0 aliphatic carbocycles. The van der Waals surface area contributed by atoms with Crippen LogP contribution < -0.4 is 15.2 Å². The van der Waals surface area contributed by atoms with E-state index in [4.69, 9.17) is 15.2 Å². The van der Waals surface area contributed by atoms with Crippen LogP contribution in [0, 0.1) is 0 Å². The van der Waals surface area contributed by atoms with Gasteiger partial charge in [-0.1, -0.05) is 50.2 Å². The van der Waals surface area contributed by atoms with E-state index in [0.29, 0.717) is 6.61 Å². The lowest BCUT2D eigenvalue weighted by Gasteiger charge is -2.21. The van der Waals surface area contributed by atoms with E-state index in [9.17, 15) is 0 Å². The molecule has 0 saturated heterocycles. The zero-order chi connectivity index (χ0) is 18.1. The molecule has 25 heavy (non-hydrogen) atoms. The Hall–Kier alpha value is -2.04. The Morgan fingerprint density at radius 1 is 1.00 bits per heavy atom. The van der Waals surface area contributed by atoms with Gasteiger partial charge in [-0.05, 0) is 49.3 Å². The first kappa shape index (κ1) is 19.3. The second-order valence-corrected chi connectivity index (χ2v) is 6.11. The molecule has 0 bridgehead atoms. The fourth-order valence-corrected chi connectivity index (χ4v) is 2.80. The topological polar surface area (TPSA) is 47.7 Å². The molecule has 1 unspecified atom stereocenters. The highest BCUT2D eigenvalue weighted by Gasteiger charge is 2.12. The highest BCUT2D eigenvalue weighted by Crippen LogP contribution is 2.31. The summed E-state index contributed by atoms with van der Waals surface area (Å²) in [6.07, 6.45) is 0.926. The van der Waals surface area contributed by atoms with Crippen molar-refractivity contribution in [1.29, 1.82) is 0 Å². The maximum atomic E-state index is 6.37. The summed E-state index contributed by atoms with van der Waals surface area (Å²) in [6, 6.07) is 16.1. The molecular weight excluding hydrogens is 312 g/mol. The van der Waals surface area contributed by atoms with Gasteiger partial charge in [-0.2, -0.15) is 0 Å². The summed E-state index contributed by atoms with van der Waals surface area (Å²) in [4.78, 5) is 2.38. The van der Waals surface area contributed by atoms with Crippen LogP contribution in [0.3, 0.4) is 0 Å². The monoisotopic (exact) mass is 342 g/mol. The van der Waals surface area contributed by atoms with E-state index in [2.05, 4.69) is 18.7 Å². The van der Waals surface area contributed by atoms with Crippen molar-refractivity contribution < 1.29 is 9.47 Å². The number of hydrogen-bond acceptors (Lipinski definition) is 4. The predicted octanol–water partition coefficient (Wildman–Crippen LogP) is 4.01. The molecule has 4 nitrogen and oxygen atoms in total. The molecule has 4 heteroatoms. The molecule has 136 valence electrons. The van der Waals surface area contributed by atoms with Crippen molar-refractivity contribution in [2.75, 3.05) is 26.7 Å². The minimum absolute atomic E-state index is 0.00215. The van der Waals surface area contributed by atoms with Gasteiger partial charge < -0.3 is 20.1 Å². The average molecular weight is 342 g/mol. The summed E-state index contributed by atoms with van der Waals surface area (Å²) in [5, 5.41) is 0. The molecule has 0 amide bonds. The van der Waals surface area contributed by atoms with Crippen LogP contribution in [0.2, 0.25) is 0 Å². The molecule has 0 fully saturated rings. The zero-order valence-electron chi connectivity index (χ0n) is 15.6. The van der Waals surface area contributed by atoms with E-state index in [0.717, 1.165) is 48.7 Å². The first-order chi connectivity index (χ1) is 12.2. The first-order valence-corrected chi connectivity index (χ1v) is 9.00. The molecule has 0 aromatic heterocycles. The summed E-state index contributed by atoms with van der Waals surface area (Å²) in [5.74, 6) is 1.47. The van der Waals surface area contributed by atoms with Gasteiger partial charge in [-0.25, -0.2) is 0 Å². The van der Waals surface area contributed by atoms with E-state index in [1.165, 1.54) is 0 Å². The fraction of sp³-hybridized carbons (Fsp3) is 0.429. The molecule has 1 atom stereocenters. The van der Waals surface area contributed by atoms with E-state index >= 15 is 0 Å². The summed E-state index contributed by atoms with van der Waals surface area (Å²) < 4.78 is 11.4. The largest absolute Gasteiger partial charge is 0.493 e. The second-order valence-electron chi connectivity index (χ2n) is 6.11. The van der Waals surface area contributed by atoms with Crippen molar-refractivity contribution in [3.63, 3.8) is 0 Å². The molecule has 0 aliphatic heterocycles. The number of nitrogens with zero attached hydrogens (tertiary/aromatic N) is 1. The molecule has 0 aliphatic rings. The van der Waals surface area contributed by atoms with Gasteiger partial charge in [0.2, 0.25) is 0 Å². The Morgan fingerprint density at radius 3 is 2.36 bits per heavy atom.